The van der Waals surface area contributed by atoms with Crippen molar-refractivity contribution in [2.45, 2.75) is 39.2 Å². The molecule has 4 nitrogen and oxygen atoms in total. The van der Waals surface area contributed by atoms with Gasteiger partial charge >= 0.3 is 0 Å². The maximum atomic E-state index is 8.75. The summed E-state index contributed by atoms with van der Waals surface area (Å²) in [7, 11) is 1.66. The van der Waals surface area contributed by atoms with Crippen molar-refractivity contribution < 1.29 is 14.6 Å². The van der Waals surface area contributed by atoms with E-state index in [0.717, 1.165) is 55.8 Å². The molecule has 1 aromatic carbocycles. The third-order valence-electron chi connectivity index (χ3n) is 3.08. The zero-order chi connectivity index (χ0) is 14.6. The molecule has 0 aliphatic carbocycles. The summed E-state index contributed by atoms with van der Waals surface area (Å²) >= 11 is 0. The predicted octanol–water partition coefficient (Wildman–Crippen LogP) is 2.74. The molecule has 0 saturated carbocycles. The number of unbranched alkanes of at least 4 members (excludes halogenated alkanes) is 2. The van der Waals surface area contributed by atoms with E-state index < -0.39 is 0 Å². The molecule has 0 spiro atoms. The van der Waals surface area contributed by atoms with E-state index in [1.165, 1.54) is 0 Å². The van der Waals surface area contributed by atoms with Crippen LogP contribution in [0.5, 0.6) is 11.5 Å². The van der Waals surface area contributed by atoms with Gasteiger partial charge in [-0.25, -0.2) is 0 Å². The molecule has 0 fully saturated rings. The molecular formula is C16H27NO3. The van der Waals surface area contributed by atoms with Gasteiger partial charge in [0.2, 0.25) is 0 Å². The summed E-state index contributed by atoms with van der Waals surface area (Å²) in [5, 5.41) is 12.1. The van der Waals surface area contributed by atoms with Gasteiger partial charge in [0.05, 0.1) is 13.7 Å². The third-order valence-corrected chi connectivity index (χ3v) is 3.08. The molecule has 0 unspecified atom stereocenters. The second-order valence-electron chi connectivity index (χ2n) is 4.78. The Hall–Kier alpha value is -1.26. The minimum atomic E-state index is 0.255. The van der Waals surface area contributed by atoms with E-state index in [4.69, 9.17) is 14.6 Å². The van der Waals surface area contributed by atoms with Gasteiger partial charge in [-0.15, -0.1) is 0 Å². The fraction of sp³-hybridized carbons (Fsp3) is 0.625. The summed E-state index contributed by atoms with van der Waals surface area (Å²) < 4.78 is 11.1. The van der Waals surface area contributed by atoms with Gasteiger partial charge < -0.3 is 19.9 Å². The van der Waals surface area contributed by atoms with E-state index in [1.54, 1.807) is 7.11 Å². The zero-order valence-corrected chi connectivity index (χ0v) is 12.7. The maximum Gasteiger partial charge on any atom is 0.127 e. The normalized spacial score (nSPS) is 10.6. The Labute approximate surface area is 122 Å². The largest absolute Gasteiger partial charge is 0.497 e. The average molecular weight is 281 g/mol. The van der Waals surface area contributed by atoms with Crippen LogP contribution in [0.2, 0.25) is 0 Å². The smallest absolute Gasteiger partial charge is 0.127 e. The molecule has 0 aromatic heterocycles. The summed E-state index contributed by atoms with van der Waals surface area (Å²) in [5.41, 5.74) is 1.15. The van der Waals surface area contributed by atoms with Crippen LogP contribution in [-0.4, -0.2) is 32.0 Å². The molecule has 0 heterocycles. The van der Waals surface area contributed by atoms with Crippen molar-refractivity contribution in [3.8, 4) is 11.5 Å². The number of rotatable bonds is 11. The summed E-state index contributed by atoms with van der Waals surface area (Å²) in [6, 6.07) is 5.95. The first-order chi connectivity index (χ1) is 9.81. The van der Waals surface area contributed by atoms with Gasteiger partial charge in [0, 0.05) is 24.8 Å². The van der Waals surface area contributed by atoms with Crippen LogP contribution in [0.3, 0.4) is 0 Å². The molecule has 0 aliphatic heterocycles. The van der Waals surface area contributed by atoms with Crippen molar-refractivity contribution in [1.29, 1.82) is 0 Å². The van der Waals surface area contributed by atoms with Crippen molar-refractivity contribution in [2.75, 3.05) is 26.9 Å². The molecule has 114 valence electrons. The Bertz CT molecular complexity index is 369. The number of methoxy groups -OCH3 is 1. The quantitative estimate of drug-likeness (QED) is 0.612. The fourth-order valence-corrected chi connectivity index (χ4v) is 1.91. The highest BCUT2D eigenvalue weighted by Gasteiger charge is 2.05. The van der Waals surface area contributed by atoms with Gasteiger partial charge in [0.1, 0.15) is 11.5 Å². The first-order valence-corrected chi connectivity index (χ1v) is 7.43. The lowest BCUT2D eigenvalue weighted by Gasteiger charge is -2.13. The molecule has 4 heteroatoms. The number of hydrogen-bond donors (Lipinski definition) is 2. The van der Waals surface area contributed by atoms with Crippen molar-refractivity contribution in [3.05, 3.63) is 23.8 Å². The summed E-state index contributed by atoms with van der Waals surface area (Å²) in [4.78, 5) is 0. The van der Waals surface area contributed by atoms with Crippen LogP contribution in [0, 0.1) is 0 Å². The van der Waals surface area contributed by atoms with Gasteiger partial charge in [-0.2, -0.15) is 0 Å². The number of nitrogens with one attached hydrogen (secondary N) is 1. The number of aliphatic hydroxyl groups excluding tert-OH is 1. The Kier molecular flexibility index (Phi) is 8.83. The van der Waals surface area contributed by atoms with Crippen molar-refractivity contribution >= 4 is 0 Å². The van der Waals surface area contributed by atoms with Crippen LogP contribution in [0.25, 0.3) is 0 Å². The van der Waals surface area contributed by atoms with E-state index in [9.17, 15) is 0 Å². The van der Waals surface area contributed by atoms with Crippen LogP contribution < -0.4 is 14.8 Å². The summed E-state index contributed by atoms with van der Waals surface area (Å²) in [6.07, 6.45) is 3.91. The van der Waals surface area contributed by atoms with Crippen LogP contribution in [0.15, 0.2) is 18.2 Å². The highest BCUT2D eigenvalue weighted by Crippen LogP contribution is 2.25. The molecule has 2 N–H and O–H groups in total. The van der Waals surface area contributed by atoms with Crippen molar-refractivity contribution in [1.82, 2.24) is 5.32 Å². The zero-order valence-electron chi connectivity index (χ0n) is 12.7. The average Bonchev–Trinajstić information content (AvgIpc) is 2.48. The van der Waals surface area contributed by atoms with Gasteiger partial charge in [-0.3, -0.25) is 0 Å². The number of benzene rings is 1. The SMILES string of the molecule is CCCNCc1ccc(OC)cc1OCCCCCO. The Morgan fingerprint density at radius 1 is 1.20 bits per heavy atom. The van der Waals surface area contributed by atoms with Crippen LogP contribution in [0.1, 0.15) is 38.2 Å². The minimum absolute atomic E-state index is 0.255. The molecule has 20 heavy (non-hydrogen) atoms. The van der Waals surface area contributed by atoms with Crippen LogP contribution in [0.4, 0.5) is 0 Å². The molecule has 0 saturated heterocycles. The molecule has 0 aliphatic rings. The van der Waals surface area contributed by atoms with Gasteiger partial charge in [0.15, 0.2) is 0 Å². The summed E-state index contributed by atoms with van der Waals surface area (Å²) in [5.74, 6) is 1.70. The third kappa shape index (κ3) is 6.26. The second-order valence-corrected chi connectivity index (χ2v) is 4.78. The predicted molar refractivity (Wildman–Crippen MR) is 81.4 cm³/mol. The first-order valence-electron chi connectivity index (χ1n) is 7.43. The molecule has 0 radical (unpaired) electrons. The summed E-state index contributed by atoms with van der Waals surface area (Å²) in [6.45, 7) is 4.89. The monoisotopic (exact) mass is 281 g/mol. The Morgan fingerprint density at radius 3 is 2.75 bits per heavy atom. The van der Waals surface area contributed by atoms with Gasteiger partial charge in [-0.1, -0.05) is 13.0 Å². The second kappa shape index (κ2) is 10.5. The van der Waals surface area contributed by atoms with E-state index in [0.29, 0.717) is 6.61 Å². The molecule has 0 amide bonds. The van der Waals surface area contributed by atoms with E-state index >= 15 is 0 Å². The standard InChI is InChI=1S/C16H27NO3/c1-3-9-17-13-14-7-8-15(19-2)12-16(14)20-11-6-4-5-10-18/h7-8,12,17-18H,3-6,9-11,13H2,1-2H3. The van der Waals surface area contributed by atoms with Crippen molar-refractivity contribution in [3.63, 3.8) is 0 Å². The highest BCUT2D eigenvalue weighted by atomic mass is 16.5. The number of ether oxygens (including phenoxy) is 2. The van der Waals surface area contributed by atoms with Gasteiger partial charge in [0.25, 0.3) is 0 Å². The number of hydrogen-bond acceptors (Lipinski definition) is 4. The topological polar surface area (TPSA) is 50.7 Å². The fourth-order valence-electron chi connectivity index (χ4n) is 1.91. The van der Waals surface area contributed by atoms with E-state index in [2.05, 4.69) is 12.2 Å². The molecule has 1 aromatic rings. The molecule has 0 atom stereocenters. The molecule has 0 bridgehead atoms. The lowest BCUT2D eigenvalue weighted by atomic mass is 10.2. The van der Waals surface area contributed by atoms with Gasteiger partial charge in [-0.05, 0) is 38.3 Å². The first kappa shape index (κ1) is 16.8. The van der Waals surface area contributed by atoms with E-state index in [-0.39, 0.29) is 6.61 Å². The minimum Gasteiger partial charge on any atom is -0.497 e. The highest BCUT2D eigenvalue weighted by molar-refractivity contribution is 5.40. The lowest BCUT2D eigenvalue weighted by Crippen LogP contribution is -2.15. The molecular weight excluding hydrogens is 254 g/mol. The number of aliphatic hydroxyl groups is 1. The Balaban J connectivity index is 2.54. The molecule has 1 rings (SSSR count). The van der Waals surface area contributed by atoms with Crippen molar-refractivity contribution in [2.24, 2.45) is 0 Å². The van der Waals surface area contributed by atoms with Crippen LogP contribution in [-0.2, 0) is 6.54 Å². The maximum absolute atomic E-state index is 8.75. The van der Waals surface area contributed by atoms with Crippen LogP contribution >= 0.6 is 0 Å². The van der Waals surface area contributed by atoms with E-state index in [1.807, 2.05) is 18.2 Å². The Morgan fingerprint density at radius 2 is 2.05 bits per heavy atom. The lowest BCUT2D eigenvalue weighted by molar-refractivity contribution is 0.264.